The van der Waals surface area contributed by atoms with Crippen molar-refractivity contribution >= 4 is 90.7 Å². The van der Waals surface area contributed by atoms with Crippen molar-refractivity contribution in [3.8, 4) is 0 Å². The van der Waals surface area contributed by atoms with Crippen LogP contribution in [-0.2, 0) is 45.9 Å². The molecule has 432 valence electrons. The van der Waals surface area contributed by atoms with Gasteiger partial charge in [-0.3, -0.25) is 0 Å². The van der Waals surface area contributed by atoms with Gasteiger partial charge in [0.1, 0.15) is 20.2 Å². The summed E-state index contributed by atoms with van der Waals surface area (Å²) in [6.45, 7) is 9.06. The molecule has 0 saturated carbocycles. The average molecular weight is 1230 g/mol. The predicted molar refractivity (Wildman–Crippen MR) is 332 cm³/mol. The number of fused-ring (bicyclic) bond motifs is 2. The molecule has 0 atom stereocenters. The fraction of sp³-hybridized carbons (Fsp3) is 0.706. The van der Waals surface area contributed by atoms with Gasteiger partial charge in [0.05, 0.1) is 9.79 Å². The van der Waals surface area contributed by atoms with Crippen LogP contribution in [0.15, 0.2) is 70.5 Å². The van der Waals surface area contributed by atoms with Crippen LogP contribution in [0.25, 0.3) is 21.5 Å². The summed E-state index contributed by atoms with van der Waals surface area (Å²) in [6, 6.07) is 18.5. The number of hydrogen-bond acceptors (Lipinski definition) is 6. The Bertz CT molecular complexity index is 2160. The van der Waals surface area contributed by atoms with E-state index >= 15 is 0 Å². The summed E-state index contributed by atoms with van der Waals surface area (Å²) < 4.78 is 70.4. The van der Waals surface area contributed by atoms with E-state index in [1.165, 1.54) is 278 Å². The normalized spacial score (nSPS) is 11.8. The maximum absolute atomic E-state index is 11.7. The van der Waals surface area contributed by atoms with Crippen LogP contribution in [-0.4, -0.2) is 74.8 Å². The van der Waals surface area contributed by atoms with Crippen LogP contribution >= 0.6 is 0 Å². The van der Waals surface area contributed by atoms with Gasteiger partial charge in [-0.1, -0.05) is 295 Å². The minimum Gasteiger partial charge on any atom is -0.744 e. The molecule has 0 radical (unpaired) electrons. The minimum absolute atomic E-state index is 0. The first-order valence-corrected chi connectivity index (χ1v) is 34.8. The predicted octanol–water partition coefficient (Wildman–Crippen LogP) is 21.0. The van der Waals surface area contributed by atoms with Crippen molar-refractivity contribution in [3.63, 3.8) is 0 Å². The summed E-state index contributed by atoms with van der Waals surface area (Å²) >= 11 is 0. The summed E-state index contributed by atoms with van der Waals surface area (Å²) in [4.78, 5) is -0.212. The third-order valence-electron chi connectivity index (χ3n) is 16.1. The zero-order valence-electron chi connectivity index (χ0n) is 49.9. The second-order valence-electron chi connectivity index (χ2n) is 22.8. The van der Waals surface area contributed by atoms with E-state index in [-0.39, 0.29) is 58.7 Å². The molecule has 0 aromatic heterocycles. The first-order valence-electron chi connectivity index (χ1n) is 31.9. The monoisotopic (exact) mass is 1220 g/mol. The molecule has 0 aliphatic rings. The van der Waals surface area contributed by atoms with Crippen LogP contribution in [0, 0.1) is 0 Å². The van der Waals surface area contributed by atoms with Gasteiger partial charge in [0.25, 0.3) is 0 Å². The second kappa shape index (κ2) is 45.3. The molecule has 0 heterocycles. The summed E-state index contributed by atoms with van der Waals surface area (Å²) in [6.07, 6.45) is 56.5. The van der Waals surface area contributed by atoms with Crippen molar-refractivity contribution < 1.29 is 25.9 Å². The Morgan fingerprint density at radius 2 is 0.494 bits per heavy atom. The average Bonchev–Trinajstić information content (AvgIpc) is 3.40. The molecule has 9 heteroatoms. The Labute approximate surface area is 514 Å². The summed E-state index contributed by atoms with van der Waals surface area (Å²) in [5.74, 6) is 0. The molecule has 0 bridgehead atoms. The largest absolute Gasteiger partial charge is 2.00 e. The van der Waals surface area contributed by atoms with Crippen LogP contribution in [0.2, 0.25) is 0 Å². The van der Waals surface area contributed by atoms with Gasteiger partial charge in [-0.05, 0) is 119 Å². The first-order chi connectivity index (χ1) is 36.9. The molecule has 0 unspecified atom stereocenters. The van der Waals surface area contributed by atoms with Crippen molar-refractivity contribution in [1.82, 2.24) is 0 Å². The quantitative estimate of drug-likeness (QED) is 0.0247. The van der Waals surface area contributed by atoms with E-state index in [1.54, 1.807) is 24.3 Å². The van der Waals surface area contributed by atoms with Gasteiger partial charge < -0.3 is 9.11 Å². The third kappa shape index (κ3) is 32.3. The Morgan fingerprint density at radius 1 is 0.286 bits per heavy atom. The van der Waals surface area contributed by atoms with Gasteiger partial charge in [0.15, 0.2) is 0 Å². The molecule has 6 nitrogen and oxygen atoms in total. The molecule has 0 saturated heterocycles. The number of unbranched alkanes of at least 4 members (excludes halogenated alkanes) is 36. The zero-order valence-corrected chi connectivity index (χ0v) is 55.9. The first kappa shape index (κ1) is 71.9. The second-order valence-corrected chi connectivity index (χ2v) is 25.6. The molecule has 0 fully saturated rings. The maximum Gasteiger partial charge on any atom is 2.00 e. The number of aryl methyl sites for hydroxylation is 4. The molecule has 4 rings (SSSR count). The molecule has 4 aromatic carbocycles. The van der Waals surface area contributed by atoms with Crippen molar-refractivity contribution in [2.75, 3.05) is 0 Å². The minimum atomic E-state index is -4.46. The van der Waals surface area contributed by atoms with Crippen LogP contribution in [0.1, 0.15) is 307 Å². The van der Waals surface area contributed by atoms with Gasteiger partial charge in [-0.15, -0.1) is 0 Å². The summed E-state index contributed by atoms with van der Waals surface area (Å²) in [5.41, 5.74) is 5.22. The maximum atomic E-state index is 11.7. The van der Waals surface area contributed by atoms with Gasteiger partial charge in [-0.25, -0.2) is 16.8 Å². The van der Waals surface area contributed by atoms with Crippen molar-refractivity contribution in [2.45, 2.75) is 320 Å². The SMILES string of the molecule is CCCCCCCCCCCCc1ccc2ccc(S(=O)(=O)[O-])cc2c1CCCCCCCCCCCC.CCCCCCCCCCCCc1ccc2ccc(S(=O)(=O)[O-])cc2c1CCCCCCCCCCCC.[Ba+2]. The van der Waals surface area contributed by atoms with Crippen LogP contribution in [0.4, 0.5) is 0 Å². The van der Waals surface area contributed by atoms with Gasteiger partial charge >= 0.3 is 48.9 Å². The molecule has 0 N–H and O–H groups in total. The smallest absolute Gasteiger partial charge is 0.744 e. The summed E-state index contributed by atoms with van der Waals surface area (Å²) in [7, 11) is -8.91. The Hall–Kier alpha value is -1.21. The number of rotatable bonds is 46. The fourth-order valence-electron chi connectivity index (χ4n) is 11.4. The molecule has 4 aromatic rings. The molecule has 0 spiro atoms. The Kier molecular flexibility index (Phi) is 42.3. The zero-order chi connectivity index (χ0) is 55.0. The number of benzene rings is 4. The number of hydrogen-bond donors (Lipinski definition) is 0. The van der Waals surface area contributed by atoms with E-state index in [0.29, 0.717) is 0 Å². The van der Waals surface area contributed by atoms with Crippen molar-refractivity contribution in [1.29, 1.82) is 0 Å². The van der Waals surface area contributed by atoms with Gasteiger partial charge in [0, 0.05) is 0 Å². The van der Waals surface area contributed by atoms with E-state index in [1.807, 2.05) is 0 Å². The van der Waals surface area contributed by atoms with Crippen LogP contribution in [0.3, 0.4) is 0 Å². The van der Waals surface area contributed by atoms with E-state index < -0.39 is 20.2 Å². The third-order valence-corrected chi connectivity index (χ3v) is 17.8. The van der Waals surface area contributed by atoms with Crippen molar-refractivity contribution in [3.05, 3.63) is 82.9 Å². The van der Waals surface area contributed by atoms with Gasteiger partial charge in [-0.2, -0.15) is 0 Å². The Balaban J connectivity index is 0.000000520. The molecule has 0 amide bonds. The van der Waals surface area contributed by atoms with Crippen LogP contribution in [0.5, 0.6) is 0 Å². The van der Waals surface area contributed by atoms with E-state index in [0.717, 1.165) is 60.1 Å². The molecule has 0 aliphatic carbocycles. The Morgan fingerprint density at radius 3 is 0.727 bits per heavy atom. The van der Waals surface area contributed by atoms with E-state index in [2.05, 4.69) is 52.0 Å². The molecular formula is C68H110BaO6S2. The fourth-order valence-corrected chi connectivity index (χ4v) is 12.4. The summed E-state index contributed by atoms with van der Waals surface area (Å²) in [5, 5.41) is 3.99. The van der Waals surface area contributed by atoms with Crippen LogP contribution < -0.4 is 0 Å². The topological polar surface area (TPSA) is 114 Å². The van der Waals surface area contributed by atoms with E-state index in [4.69, 9.17) is 0 Å². The van der Waals surface area contributed by atoms with Crippen molar-refractivity contribution in [2.24, 2.45) is 0 Å². The van der Waals surface area contributed by atoms with Gasteiger partial charge in [0.2, 0.25) is 0 Å². The van der Waals surface area contributed by atoms with E-state index in [9.17, 15) is 25.9 Å². The standard InChI is InChI=1S/2C34H56O3S.Ba/c2*1-3-5-7-9-11-13-15-17-19-21-23-30-25-26-31-27-28-32(38(35,36)37)29-34(31)33(30)24-22-20-18-16-14-12-10-8-6-4-2;/h2*25-29H,3-24H2,1-2H3,(H,35,36,37);/q;;+2/p-2. The molecular weight excluding hydrogens is 1110 g/mol. The molecule has 0 aliphatic heterocycles. The molecule has 77 heavy (non-hydrogen) atoms.